The topological polar surface area (TPSA) is 83.8 Å². The normalized spacial score (nSPS) is 15.4. The van der Waals surface area contributed by atoms with E-state index in [1.807, 2.05) is 20.9 Å². The Morgan fingerprint density at radius 1 is 1.20 bits per heavy atom. The number of fused-ring (bicyclic) bond motifs is 3. The maximum absolute atomic E-state index is 14.5. The number of rotatable bonds is 6. The molecule has 35 heavy (non-hydrogen) atoms. The Labute approximate surface area is 205 Å². The fourth-order valence-electron chi connectivity index (χ4n) is 4.65. The van der Waals surface area contributed by atoms with E-state index in [0.717, 1.165) is 30.2 Å². The first kappa shape index (κ1) is 21.7. The molecule has 1 unspecified atom stereocenters. The number of anilines is 1. The van der Waals surface area contributed by atoms with E-state index < -0.39 is 5.82 Å². The van der Waals surface area contributed by atoms with Gasteiger partial charge in [0.15, 0.2) is 23.0 Å². The largest absolute Gasteiger partial charge is 0.486 e. The lowest BCUT2D eigenvalue weighted by Crippen LogP contribution is -2.18. The fraction of sp³-hybridized carbons (Fsp3) is 0.192. The summed E-state index contributed by atoms with van der Waals surface area (Å²) >= 11 is 1.66. The lowest BCUT2D eigenvalue weighted by atomic mass is 9.92. The number of nitrogen functional groups attached to an aromatic ring is 1. The zero-order valence-corrected chi connectivity index (χ0v) is 19.7. The molecule has 9 heteroatoms. The molecule has 0 amide bonds. The second-order valence-corrected chi connectivity index (χ2v) is 9.74. The van der Waals surface area contributed by atoms with Gasteiger partial charge >= 0.3 is 0 Å². The van der Waals surface area contributed by atoms with Gasteiger partial charge in [-0.05, 0) is 54.5 Å². The molecule has 3 heterocycles. The van der Waals surface area contributed by atoms with Crippen LogP contribution in [0.5, 0.6) is 5.75 Å². The van der Waals surface area contributed by atoms with Gasteiger partial charge in [0.1, 0.15) is 24.1 Å². The van der Waals surface area contributed by atoms with E-state index in [-0.39, 0.29) is 12.4 Å². The molecule has 5 aromatic rings. The summed E-state index contributed by atoms with van der Waals surface area (Å²) in [5.41, 5.74) is 10.5. The van der Waals surface area contributed by atoms with Crippen LogP contribution in [0.4, 0.5) is 10.2 Å². The molecule has 3 aromatic heterocycles. The number of nitrogens with zero attached hydrogens (tertiary/aromatic N) is 5. The molecule has 176 valence electrons. The molecular formula is C26H23FN6OS. The van der Waals surface area contributed by atoms with E-state index in [1.165, 1.54) is 23.5 Å². The van der Waals surface area contributed by atoms with E-state index in [0.29, 0.717) is 27.9 Å². The van der Waals surface area contributed by atoms with Crippen LogP contribution < -0.4 is 10.5 Å². The van der Waals surface area contributed by atoms with Crippen molar-refractivity contribution in [3.05, 3.63) is 84.6 Å². The molecule has 0 fully saturated rings. The number of halogens is 1. The predicted molar refractivity (Wildman–Crippen MR) is 137 cm³/mol. The standard InChI is InChI=1S/C26H23FN6OS/c1-2-11-34-22-14-21-18(13-20(22)27)9-10-32(21)26-23-24(28)29-15-30-25(23)33(31-26)35-19-8-7-16-5-3-4-6-17(16)12-19/h2-6,9-10,13-15,19H,1,7-8,11-12H2,(H2,28,29,30). The van der Waals surface area contributed by atoms with Gasteiger partial charge in [-0.15, -0.1) is 5.10 Å². The summed E-state index contributed by atoms with van der Waals surface area (Å²) < 4.78 is 23.8. The van der Waals surface area contributed by atoms with Gasteiger partial charge in [-0.2, -0.15) is 4.09 Å². The minimum Gasteiger partial charge on any atom is -0.486 e. The number of benzene rings is 2. The van der Waals surface area contributed by atoms with Gasteiger partial charge in [-0.1, -0.05) is 36.9 Å². The molecule has 2 aromatic carbocycles. The molecule has 0 aliphatic heterocycles. The SMILES string of the molecule is C=CCOc1cc2c(ccn2-c2nn(SC3CCc4ccccc4C3)c3ncnc(N)c23)cc1F. The average molecular weight is 487 g/mol. The van der Waals surface area contributed by atoms with Crippen LogP contribution in [-0.2, 0) is 12.8 Å². The van der Waals surface area contributed by atoms with E-state index >= 15 is 0 Å². The molecule has 6 rings (SSSR count). The monoisotopic (exact) mass is 486 g/mol. The van der Waals surface area contributed by atoms with E-state index in [2.05, 4.69) is 40.8 Å². The summed E-state index contributed by atoms with van der Waals surface area (Å²) in [5, 5.41) is 6.65. The van der Waals surface area contributed by atoms with Crippen molar-refractivity contribution in [2.45, 2.75) is 24.5 Å². The highest BCUT2D eigenvalue weighted by molar-refractivity contribution is 7.98. The third kappa shape index (κ3) is 3.81. The molecular weight excluding hydrogens is 463 g/mol. The number of aromatic nitrogens is 5. The summed E-state index contributed by atoms with van der Waals surface area (Å²) in [4.78, 5) is 8.73. The Morgan fingerprint density at radius 2 is 2.06 bits per heavy atom. The summed E-state index contributed by atoms with van der Waals surface area (Å²) in [7, 11) is 0. The van der Waals surface area contributed by atoms with Crippen molar-refractivity contribution in [1.29, 1.82) is 0 Å². The first-order valence-corrected chi connectivity index (χ1v) is 12.2. The zero-order chi connectivity index (χ0) is 23.9. The molecule has 0 bridgehead atoms. The Morgan fingerprint density at radius 3 is 2.91 bits per heavy atom. The van der Waals surface area contributed by atoms with Gasteiger partial charge in [0.05, 0.1) is 5.52 Å². The quantitative estimate of drug-likeness (QED) is 0.336. The van der Waals surface area contributed by atoms with Crippen LogP contribution in [-0.4, -0.2) is 35.6 Å². The van der Waals surface area contributed by atoms with Gasteiger partial charge in [-0.25, -0.2) is 14.4 Å². The number of hydrogen-bond acceptors (Lipinski definition) is 6. The van der Waals surface area contributed by atoms with Gasteiger partial charge in [-0.3, -0.25) is 4.57 Å². The Bertz CT molecular complexity index is 1580. The van der Waals surface area contributed by atoms with Crippen LogP contribution in [0, 0.1) is 5.82 Å². The first-order chi connectivity index (χ1) is 17.1. The highest BCUT2D eigenvalue weighted by Gasteiger charge is 2.24. The lowest BCUT2D eigenvalue weighted by molar-refractivity contribution is 0.342. The summed E-state index contributed by atoms with van der Waals surface area (Å²) in [6, 6.07) is 13.6. The van der Waals surface area contributed by atoms with E-state index in [9.17, 15) is 4.39 Å². The second kappa shape index (κ2) is 8.74. The first-order valence-electron chi connectivity index (χ1n) is 11.4. The summed E-state index contributed by atoms with van der Waals surface area (Å²) in [6.07, 6.45) is 7.94. The van der Waals surface area contributed by atoms with Crippen LogP contribution in [0.25, 0.3) is 27.8 Å². The molecule has 0 radical (unpaired) electrons. The summed E-state index contributed by atoms with van der Waals surface area (Å²) in [5.74, 6) is 0.667. The smallest absolute Gasteiger partial charge is 0.177 e. The van der Waals surface area contributed by atoms with E-state index in [1.54, 1.807) is 24.1 Å². The lowest BCUT2D eigenvalue weighted by Gasteiger charge is -2.23. The van der Waals surface area contributed by atoms with Crippen molar-refractivity contribution >= 4 is 39.7 Å². The molecule has 0 saturated carbocycles. The zero-order valence-electron chi connectivity index (χ0n) is 18.9. The number of ether oxygens (including phenoxy) is 1. The van der Waals surface area contributed by atoms with Crippen LogP contribution in [0.3, 0.4) is 0 Å². The van der Waals surface area contributed by atoms with Gasteiger partial charge in [0.2, 0.25) is 0 Å². The van der Waals surface area contributed by atoms with Crippen molar-refractivity contribution in [2.75, 3.05) is 12.3 Å². The molecule has 2 N–H and O–H groups in total. The van der Waals surface area contributed by atoms with Gasteiger partial charge in [0, 0.05) is 22.9 Å². The average Bonchev–Trinajstić information content (AvgIpc) is 3.44. The minimum absolute atomic E-state index is 0.153. The second-order valence-electron chi connectivity index (χ2n) is 8.52. The number of aryl methyl sites for hydroxylation is 1. The molecule has 1 aliphatic carbocycles. The molecule has 1 aliphatic rings. The fourth-order valence-corrected chi connectivity index (χ4v) is 5.77. The van der Waals surface area contributed by atoms with Crippen molar-refractivity contribution < 1.29 is 9.13 Å². The van der Waals surface area contributed by atoms with Crippen LogP contribution in [0.15, 0.2) is 67.6 Å². The molecule has 7 nitrogen and oxygen atoms in total. The third-order valence-corrected chi connectivity index (χ3v) is 7.48. The predicted octanol–water partition coefficient (Wildman–Crippen LogP) is 5.11. The van der Waals surface area contributed by atoms with Crippen molar-refractivity contribution in [3.8, 4) is 11.6 Å². The maximum Gasteiger partial charge on any atom is 0.177 e. The van der Waals surface area contributed by atoms with Crippen LogP contribution in [0.1, 0.15) is 17.5 Å². The number of nitrogens with two attached hydrogens (primary N) is 1. The maximum atomic E-state index is 14.5. The highest BCUT2D eigenvalue weighted by Crippen LogP contribution is 2.35. The molecule has 0 spiro atoms. The highest BCUT2D eigenvalue weighted by atomic mass is 32.2. The third-order valence-electron chi connectivity index (χ3n) is 6.33. The Balaban J connectivity index is 1.43. The molecule has 1 atom stereocenters. The molecule has 0 saturated heterocycles. The van der Waals surface area contributed by atoms with Crippen molar-refractivity contribution in [1.82, 2.24) is 23.7 Å². The van der Waals surface area contributed by atoms with Crippen molar-refractivity contribution in [2.24, 2.45) is 0 Å². The van der Waals surface area contributed by atoms with E-state index in [4.69, 9.17) is 15.6 Å². The number of hydrogen-bond donors (Lipinski definition) is 1. The minimum atomic E-state index is -0.427. The summed E-state index contributed by atoms with van der Waals surface area (Å²) in [6.45, 7) is 3.85. The Kier molecular flexibility index (Phi) is 5.41. The van der Waals surface area contributed by atoms with Crippen LogP contribution >= 0.6 is 11.9 Å². The van der Waals surface area contributed by atoms with Gasteiger partial charge in [0.25, 0.3) is 0 Å². The van der Waals surface area contributed by atoms with Gasteiger partial charge < -0.3 is 10.5 Å². The van der Waals surface area contributed by atoms with Crippen LogP contribution in [0.2, 0.25) is 0 Å². The Hall–Kier alpha value is -3.85. The van der Waals surface area contributed by atoms with Crippen molar-refractivity contribution in [3.63, 3.8) is 0 Å².